The summed E-state index contributed by atoms with van der Waals surface area (Å²) in [5, 5.41) is 3.70. The van der Waals surface area contributed by atoms with E-state index < -0.39 is 15.3 Å². The fourth-order valence-electron chi connectivity index (χ4n) is 3.84. The quantitative estimate of drug-likeness (QED) is 0.832. The number of fused-ring (bicyclic) bond motifs is 2. The molecule has 27 heavy (non-hydrogen) atoms. The maximum absolute atomic E-state index is 12.6. The monoisotopic (exact) mass is 406 g/mol. The van der Waals surface area contributed by atoms with Gasteiger partial charge < -0.3 is 10.1 Å². The third-order valence-electron chi connectivity index (χ3n) is 5.45. The van der Waals surface area contributed by atoms with Crippen molar-refractivity contribution in [2.24, 2.45) is 0 Å². The van der Waals surface area contributed by atoms with E-state index in [2.05, 4.69) is 21.4 Å². The first-order valence-electron chi connectivity index (χ1n) is 8.94. The molecule has 0 spiro atoms. The van der Waals surface area contributed by atoms with Gasteiger partial charge in [0.05, 0.1) is 25.5 Å². The number of anilines is 1. The highest BCUT2D eigenvalue weighted by Crippen LogP contribution is 2.29. The second-order valence-corrected chi connectivity index (χ2v) is 9.95. The summed E-state index contributed by atoms with van der Waals surface area (Å²) in [6.45, 7) is 1.19. The molecule has 142 valence electrons. The van der Waals surface area contributed by atoms with Gasteiger partial charge in [-0.15, -0.1) is 0 Å². The number of sulfonamides is 1. The highest BCUT2D eigenvalue weighted by Gasteiger charge is 2.40. The summed E-state index contributed by atoms with van der Waals surface area (Å²) in [5.41, 5.74) is 4.18. The van der Waals surface area contributed by atoms with Gasteiger partial charge in [-0.2, -0.15) is 4.31 Å². The van der Waals surface area contributed by atoms with Crippen molar-refractivity contribution >= 4 is 27.6 Å². The normalized spacial score (nSPS) is 22.3. The van der Waals surface area contributed by atoms with Crippen LogP contribution in [-0.2, 0) is 40.7 Å². The second-order valence-electron chi connectivity index (χ2n) is 7.30. The van der Waals surface area contributed by atoms with Crippen LogP contribution in [0.3, 0.4) is 0 Å². The largest absolute Gasteiger partial charge is 0.378 e. The fourth-order valence-corrected chi connectivity index (χ4v) is 5.62. The van der Waals surface area contributed by atoms with Crippen molar-refractivity contribution in [3.8, 4) is 0 Å². The second kappa shape index (κ2) is 6.41. The number of hydrogen-bond acceptors (Lipinski definition) is 6. The van der Waals surface area contributed by atoms with Crippen molar-refractivity contribution in [2.45, 2.75) is 37.2 Å². The lowest BCUT2D eigenvalue weighted by molar-refractivity contribution is 0.0391. The van der Waals surface area contributed by atoms with E-state index in [1.807, 2.05) is 12.1 Å². The van der Waals surface area contributed by atoms with Crippen LogP contribution in [0.5, 0.6) is 0 Å². The summed E-state index contributed by atoms with van der Waals surface area (Å²) in [6, 6.07) is 6.20. The van der Waals surface area contributed by atoms with Crippen LogP contribution >= 0.6 is 11.6 Å². The number of benzene rings is 1. The molecule has 1 saturated heterocycles. The lowest BCUT2D eigenvalue weighted by atomic mass is 10.1. The molecule has 3 heterocycles. The predicted molar refractivity (Wildman–Crippen MR) is 101 cm³/mol. The average Bonchev–Trinajstić information content (AvgIpc) is 3.15. The SMILES string of the molecule is O=S(=O)(C1COC1)N1Cc2cnc(N[C@H]3Cc4ccc(Cl)cc4C3)nc2C1. The maximum atomic E-state index is 12.6. The minimum atomic E-state index is -3.34. The summed E-state index contributed by atoms with van der Waals surface area (Å²) in [4.78, 5) is 8.97. The van der Waals surface area contributed by atoms with Crippen molar-refractivity contribution in [3.63, 3.8) is 0 Å². The average molecular weight is 407 g/mol. The summed E-state index contributed by atoms with van der Waals surface area (Å²) >= 11 is 6.08. The fraction of sp³-hybridized carbons (Fsp3) is 0.444. The van der Waals surface area contributed by atoms with Crippen LogP contribution in [-0.4, -0.2) is 47.2 Å². The van der Waals surface area contributed by atoms with Gasteiger partial charge in [0.1, 0.15) is 5.25 Å². The van der Waals surface area contributed by atoms with Gasteiger partial charge in [0.15, 0.2) is 0 Å². The minimum absolute atomic E-state index is 0.213. The van der Waals surface area contributed by atoms with Gasteiger partial charge in [-0.25, -0.2) is 18.4 Å². The maximum Gasteiger partial charge on any atom is 0.223 e. The first-order valence-corrected chi connectivity index (χ1v) is 10.8. The van der Waals surface area contributed by atoms with Gasteiger partial charge in [0, 0.05) is 29.4 Å². The Kier molecular flexibility index (Phi) is 4.12. The molecule has 0 bridgehead atoms. The van der Waals surface area contributed by atoms with Crippen molar-refractivity contribution in [2.75, 3.05) is 18.5 Å². The smallest absolute Gasteiger partial charge is 0.223 e. The van der Waals surface area contributed by atoms with E-state index in [4.69, 9.17) is 16.3 Å². The van der Waals surface area contributed by atoms with E-state index in [0.29, 0.717) is 19.0 Å². The van der Waals surface area contributed by atoms with E-state index in [9.17, 15) is 8.42 Å². The van der Waals surface area contributed by atoms with Crippen LogP contribution in [0.4, 0.5) is 5.95 Å². The third kappa shape index (κ3) is 3.10. The van der Waals surface area contributed by atoms with E-state index in [1.165, 1.54) is 15.4 Å². The Morgan fingerprint density at radius 3 is 2.74 bits per heavy atom. The van der Waals surface area contributed by atoms with Gasteiger partial charge in [-0.1, -0.05) is 17.7 Å². The number of aromatic nitrogens is 2. The Balaban J connectivity index is 1.29. The van der Waals surface area contributed by atoms with Gasteiger partial charge in [0.2, 0.25) is 16.0 Å². The van der Waals surface area contributed by atoms with E-state index >= 15 is 0 Å². The molecule has 1 N–H and O–H groups in total. The van der Waals surface area contributed by atoms with Crippen LogP contribution in [0.25, 0.3) is 0 Å². The first-order chi connectivity index (χ1) is 13.0. The molecule has 3 aliphatic rings. The lowest BCUT2D eigenvalue weighted by Gasteiger charge is -2.29. The summed E-state index contributed by atoms with van der Waals surface area (Å²) < 4.78 is 31.7. The van der Waals surface area contributed by atoms with Gasteiger partial charge in [-0.3, -0.25) is 0 Å². The van der Waals surface area contributed by atoms with E-state index in [-0.39, 0.29) is 19.3 Å². The zero-order chi connectivity index (χ0) is 18.6. The molecule has 5 rings (SSSR count). The molecular formula is C18H19ClN4O3S. The summed E-state index contributed by atoms with van der Waals surface area (Å²) in [6.07, 6.45) is 3.50. The zero-order valence-electron chi connectivity index (χ0n) is 14.6. The number of hydrogen-bond donors (Lipinski definition) is 1. The highest BCUT2D eigenvalue weighted by molar-refractivity contribution is 7.89. The Morgan fingerprint density at radius 2 is 1.96 bits per heavy atom. The number of ether oxygens (including phenoxy) is 1. The van der Waals surface area contributed by atoms with Crippen molar-refractivity contribution < 1.29 is 13.2 Å². The molecule has 1 fully saturated rings. The molecule has 1 atom stereocenters. The highest BCUT2D eigenvalue weighted by atomic mass is 35.5. The Morgan fingerprint density at radius 1 is 1.15 bits per heavy atom. The molecule has 1 aliphatic carbocycles. The van der Waals surface area contributed by atoms with Crippen molar-refractivity contribution in [3.05, 3.63) is 51.8 Å². The number of rotatable bonds is 4. The molecule has 7 nitrogen and oxygen atoms in total. The molecule has 0 saturated carbocycles. The zero-order valence-corrected chi connectivity index (χ0v) is 16.1. The first kappa shape index (κ1) is 17.4. The van der Waals surface area contributed by atoms with E-state index in [1.54, 1.807) is 6.20 Å². The molecule has 9 heteroatoms. The minimum Gasteiger partial charge on any atom is -0.378 e. The lowest BCUT2D eigenvalue weighted by Crippen LogP contribution is -2.47. The Labute approximate surface area is 162 Å². The molecular weight excluding hydrogens is 388 g/mol. The van der Waals surface area contributed by atoms with E-state index in [0.717, 1.165) is 29.1 Å². The van der Waals surface area contributed by atoms with Crippen LogP contribution in [0.1, 0.15) is 22.4 Å². The van der Waals surface area contributed by atoms with Crippen molar-refractivity contribution in [1.82, 2.24) is 14.3 Å². The van der Waals surface area contributed by atoms with Crippen molar-refractivity contribution in [1.29, 1.82) is 0 Å². The standard InChI is InChI=1S/C18H19ClN4O3S/c19-14-2-1-11-4-15(5-12(11)3-14)21-18-20-6-13-7-23(8-17(13)22-18)27(24,25)16-9-26-10-16/h1-3,6,15-16H,4-5,7-10H2,(H,20,21,22)/t15-/m0/s1. The van der Waals surface area contributed by atoms with Gasteiger partial charge in [0.25, 0.3) is 0 Å². The predicted octanol–water partition coefficient (Wildman–Crippen LogP) is 1.75. The topological polar surface area (TPSA) is 84.4 Å². The Bertz CT molecular complexity index is 1010. The third-order valence-corrected chi connectivity index (χ3v) is 7.78. The molecule has 0 radical (unpaired) electrons. The van der Waals surface area contributed by atoms with Crippen LogP contribution in [0, 0.1) is 0 Å². The molecule has 2 aliphatic heterocycles. The summed E-state index contributed by atoms with van der Waals surface area (Å²) in [5.74, 6) is 0.545. The van der Waals surface area contributed by atoms with Gasteiger partial charge in [-0.05, 0) is 36.1 Å². The number of nitrogens with zero attached hydrogens (tertiary/aromatic N) is 3. The molecule has 1 aromatic carbocycles. The number of nitrogens with one attached hydrogen (secondary N) is 1. The van der Waals surface area contributed by atoms with Crippen LogP contribution < -0.4 is 5.32 Å². The summed E-state index contributed by atoms with van der Waals surface area (Å²) in [7, 11) is -3.34. The Hall–Kier alpha value is -1.74. The number of halogens is 1. The van der Waals surface area contributed by atoms with Gasteiger partial charge >= 0.3 is 0 Å². The molecule has 0 amide bonds. The molecule has 2 aromatic rings. The van der Waals surface area contributed by atoms with Crippen LogP contribution in [0.2, 0.25) is 5.02 Å². The molecule has 0 unspecified atom stereocenters. The van der Waals surface area contributed by atoms with Crippen LogP contribution in [0.15, 0.2) is 24.4 Å². The molecule has 1 aromatic heterocycles.